The zero-order valence-corrected chi connectivity index (χ0v) is 8.80. The molecular formula is C13H16N. The van der Waals surface area contributed by atoms with Crippen molar-refractivity contribution in [1.82, 2.24) is 4.98 Å². The number of aryl methyl sites for hydroxylation is 1. The van der Waals surface area contributed by atoms with Crippen LogP contribution in [-0.2, 0) is 0 Å². The molecule has 1 aromatic heterocycles. The van der Waals surface area contributed by atoms with E-state index in [4.69, 9.17) is 0 Å². The molecule has 0 saturated carbocycles. The molecule has 0 atom stereocenters. The van der Waals surface area contributed by atoms with Gasteiger partial charge in [0.25, 0.3) is 0 Å². The van der Waals surface area contributed by atoms with Gasteiger partial charge in [-0.1, -0.05) is 31.5 Å². The van der Waals surface area contributed by atoms with Crippen molar-refractivity contribution in [2.75, 3.05) is 0 Å². The number of benzene rings is 1. The molecule has 0 fully saturated rings. The number of para-hydroxylation sites is 1. The molecule has 0 bridgehead atoms. The summed E-state index contributed by atoms with van der Waals surface area (Å²) in [6.07, 6.45) is 4.64. The summed E-state index contributed by atoms with van der Waals surface area (Å²) in [5, 5.41) is 1.34. The summed E-state index contributed by atoms with van der Waals surface area (Å²) in [7, 11) is 0. The summed E-state index contributed by atoms with van der Waals surface area (Å²) in [5.41, 5.74) is 3.90. The summed E-state index contributed by atoms with van der Waals surface area (Å²) in [4.78, 5) is 3.44. The van der Waals surface area contributed by atoms with Crippen LogP contribution >= 0.6 is 0 Å². The van der Waals surface area contributed by atoms with Crippen molar-refractivity contribution in [3.05, 3.63) is 41.9 Å². The van der Waals surface area contributed by atoms with Crippen molar-refractivity contribution in [1.29, 1.82) is 0 Å². The van der Waals surface area contributed by atoms with Crippen LogP contribution in [-0.4, -0.2) is 4.98 Å². The van der Waals surface area contributed by atoms with Crippen molar-refractivity contribution in [3.8, 4) is 0 Å². The first-order valence-corrected chi connectivity index (χ1v) is 5.23. The number of fused-ring (bicyclic) bond motifs is 1. The predicted octanol–water partition coefficient (Wildman–Crippen LogP) is 3.83. The van der Waals surface area contributed by atoms with Gasteiger partial charge in [-0.05, 0) is 25.0 Å². The zero-order valence-electron chi connectivity index (χ0n) is 8.80. The van der Waals surface area contributed by atoms with Crippen LogP contribution in [0, 0.1) is 13.3 Å². The van der Waals surface area contributed by atoms with E-state index in [-0.39, 0.29) is 0 Å². The van der Waals surface area contributed by atoms with Gasteiger partial charge in [-0.2, -0.15) is 0 Å². The van der Waals surface area contributed by atoms with Crippen LogP contribution in [0.5, 0.6) is 0 Å². The highest BCUT2D eigenvalue weighted by molar-refractivity contribution is 5.84. The summed E-state index contributed by atoms with van der Waals surface area (Å²) in [6, 6.07) is 8.46. The lowest BCUT2D eigenvalue weighted by molar-refractivity contribution is 0.903. The smallest absolute Gasteiger partial charge is 0.0458 e. The third-order valence-electron chi connectivity index (χ3n) is 2.64. The van der Waals surface area contributed by atoms with Gasteiger partial charge in [0.05, 0.1) is 0 Å². The molecule has 73 valence electrons. The predicted molar refractivity (Wildman–Crippen MR) is 61.3 cm³/mol. The molecule has 1 radical (unpaired) electrons. The number of aromatic nitrogens is 1. The van der Waals surface area contributed by atoms with Gasteiger partial charge in [0.2, 0.25) is 0 Å². The minimum atomic E-state index is 1.15. The average molecular weight is 186 g/mol. The lowest BCUT2D eigenvalue weighted by Crippen LogP contribution is -1.83. The Labute approximate surface area is 85.1 Å². The van der Waals surface area contributed by atoms with Crippen LogP contribution < -0.4 is 0 Å². The van der Waals surface area contributed by atoms with E-state index in [9.17, 15) is 0 Å². The molecule has 1 heteroatoms. The summed E-state index contributed by atoms with van der Waals surface area (Å²) in [5.74, 6) is 0. The maximum atomic E-state index is 3.44. The molecule has 1 nitrogen and oxygen atoms in total. The fraction of sp³-hybridized carbons (Fsp3) is 0.308. The van der Waals surface area contributed by atoms with Crippen LogP contribution in [0.25, 0.3) is 10.9 Å². The highest BCUT2D eigenvalue weighted by atomic mass is 14.7. The fourth-order valence-corrected chi connectivity index (χ4v) is 1.80. The summed E-state index contributed by atoms with van der Waals surface area (Å²) < 4.78 is 0. The fourth-order valence-electron chi connectivity index (χ4n) is 1.80. The van der Waals surface area contributed by atoms with Crippen molar-refractivity contribution >= 4 is 10.9 Å². The Balaban J connectivity index is 2.41. The lowest BCUT2D eigenvalue weighted by Gasteiger charge is -1.96. The van der Waals surface area contributed by atoms with Crippen LogP contribution in [0.4, 0.5) is 0 Å². The number of hydrogen-bond acceptors (Lipinski definition) is 0. The molecule has 0 unspecified atom stereocenters. The van der Waals surface area contributed by atoms with E-state index in [1.807, 2.05) is 0 Å². The first kappa shape index (κ1) is 9.32. The third-order valence-corrected chi connectivity index (χ3v) is 2.64. The van der Waals surface area contributed by atoms with E-state index in [1.165, 1.54) is 28.6 Å². The highest BCUT2D eigenvalue weighted by Crippen LogP contribution is 2.23. The lowest BCUT2D eigenvalue weighted by atomic mass is 10.1. The van der Waals surface area contributed by atoms with Crippen molar-refractivity contribution in [3.63, 3.8) is 0 Å². The van der Waals surface area contributed by atoms with E-state index in [0.29, 0.717) is 0 Å². The maximum absolute atomic E-state index is 3.44. The van der Waals surface area contributed by atoms with Gasteiger partial charge in [-0.3, -0.25) is 0 Å². The maximum Gasteiger partial charge on any atom is 0.0458 e. The minimum Gasteiger partial charge on any atom is -0.358 e. The average Bonchev–Trinajstić information content (AvgIpc) is 2.54. The van der Waals surface area contributed by atoms with Gasteiger partial charge in [-0.25, -0.2) is 0 Å². The van der Waals surface area contributed by atoms with Gasteiger partial charge < -0.3 is 4.98 Å². The third kappa shape index (κ3) is 1.54. The minimum absolute atomic E-state index is 1.15. The Morgan fingerprint density at radius 2 is 2.07 bits per heavy atom. The van der Waals surface area contributed by atoms with Crippen LogP contribution in [0.15, 0.2) is 24.3 Å². The van der Waals surface area contributed by atoms with Gasteiger partial charge in [0.15, 0.2) is 0 Å². The molecule has 0 aliphatic rings. The second-order valence-electron chi connectivity index (χ2n) is 3.70. The van der Waals surface area contributed by atoms with E-state index in [0.717, 1.165) is 6.42 Å². The number of aromatic amines is 1. The normalized spacial score (nSPS) is 11.0. The molecule has 1 heterocycles. The van der Waals surface area contributed by atoms with E-state index in [1.54, 1.807) is 0 Å². The topological polar surface area (TPSA) is 15.8 Å². The Morgan fingerprint density at radius 1 is 1.29 bits per heavy atom. The molecule has 0 saturated heterocycles. The van der Waals surface area contributed by atoms with Crippen LogP contribution in [0.3, 0.4) is 0 Å². The Hall–Kier alpha value is -1.24. The molecule has 0 aliphatic heterocycles. The molecule has 1 N–H and O–H groups in total. The highest BCUT2D eigenvalue weighted by Gasteiger charge is 2.05. The largest absolute Gasteiger partial charge is 0.358 e. The van der Waals surface area contributed by atoms with Gasteiger partial charge in [-0.15, -0.1) is 0 Å². The van der Waals surface area contributed by atoms with E-state index < -0.39 is 0 Å². The second-order valence-corrected chi connectivity index (χ2v) is 3.70. The van der Waals surface area contributed by atoms with Gasteiger partial charge >= 0.3 is 0 Å². The van der Waals surface area contributed by atoms with Crippen molar-refractivity contribution < 1.29 is 0 Å². The molecule has 1 aromatic carbocycles. The number of nitrogens with one attached hydrogen (secondary N) is 1. The monoisotopic (exact) mass is 186 g/mol. The Bertz CT molecular complexity index is 426. The number of hydrogen-bond donors (Lipinski definition) is 1. The SMILES string of the molecule is CCC[CH]c1[nH]c2ccccc2c1C. The Kier molecular flexibility index (Phi) is 2.58. The van der Waals surface area contributed by atoms with E-state index >= 15 is 0 Å². The quantitative estimate of drug-likeness (QED) is 0.749. The number of H-pyrrole nitrogens is 1. The van der Waals surface area contributed by atoms with Crippen molar-refractivity contribution in [2.45, 2.75) is 26.7 Å². The second kappa shape index (κ2) is 3.87. The van der Waals surface area contributed by atoms with Crippen LogP contribution in [0.2, 0.25) is 0 Å². The van der Waals surface area contributed by atoms with Crippen molar-refractivity contribution in [2.24, 2.45) is 0 Å². The molecule has 0 spiro atoms. The number of rotatable bonds is 3. The molecule has 14 heavy (non-hydrogen) atoms. The standard InChI is InChI=1S/C13H16N/c1-3-4-8-12-10(2)11-7-5-6-9-13(11)14-12/h5-9,14H,3-4H2,1-2H3. The number of unbranched alkanes of at least 4 members (excludes halogenated alkanes) is 1. The summed E-state index contributed by atoms with van der Waals surface area (Å²) >= 11 is 0. The molecular weight excluding hydrogens is 170 g/mol. The van der Waals surface area contributed by atoms with E-state index in [2.05, 4.69) is 49.5 Å². The molecule has 2 aromatic rings. The van der Waals surface area contributed by atoms with Gasteiger partial charge in [0, 0.05) is 23.0 Å². The molecule has 0 amide bonds. The van der Waals surface area contributed by atoms with Gasteiger partial charge in [0.1, 0.15) is 0 Å². The van der Waals surface area contributed by atoms with Crippen LogP contribution in [0.1, 0.15) is 31.0 Å². The zero-order chi connectivity index (χ0) is 9.97. The first-order valence-electron chi connectivity index (χ1n) is 5.23. The molecule has 2 rings (SSSR count). The summed E-state index contributed by atoms with van der Waals surface area (Å²) in [6.45, 7) is 4.38. The Morgan fingerprint density at radius 3 is 2.79 bits per heavy atom. The molecule has 0 aliphatic carbocycles. The first-order chi connectivity index (χ1) is 6.83.